The van der Waals surface area contributed by atoms with E-state index in [9.17, 15) is 19.1 Å². The Morgan fingerprint density at radius 3 is 2.81 bits per heavy atom. The molecule has 0 aliphatic heterocycles. The second-order valence-electron chi connectivity index (χ2n) is 8.60. The lowest BCUT2D eigenvalue weighted by atomic mass is 9.71. The van der Waals surface area contributed by atoms with Crippen LogP contribution in [0.5, 0.6) is 5.88 Å². The summed E-state index contributed by atoms with van der Waals surface area (Å²) in [5.74, 6) is -2.36. The average Bonchev–Trinajstić information content (AvgIpc) is 2.74. The minimum Gasteiger partial charge on any atom is -0.471 e. The molecule has 0 saturated heterocycles. The lowest BCUT2D eigenvalue weighted by Crippen LogP contribution is -2.48. The van der Waals surface area contributed by atoms with Gasteiger partial charge < -0.3 is 20.5 Å². The normalized spacial score (nSPS) is 20.3. The van der Waals surface area contributed by atoms with Gasteiger partial charge in [-0.3, -0.25) is 0 Å². The molecule has 1 fully saturated rings. The van der Waals surface area contributed by atoms with Crippen LogP contribution in [0.25, 0.3) is 0 Å². The van der Waals surface area contributed by atoms with E-state index in [1.165, 1.54) is 18.7 Å². The van der Waals surface area contributed by atoms with Crippen LogP contribution >= 0.6 is 0 Å². The van der Waals surface area contributed by atoms with Crippen LogP contribution in [0.4, 0.5) is 20.5 Å². The second-order valence-corrected chi connectivity index (χ2v) is 8.60. The highest BCUT2D eigenvalue weighted by Crippen LogP contribution is 2.37. The molecule has 2 atom stereocenters. The van der Waals surface area contributed by atoms with Gasteiger partial charge >= 0.3 is 0 Å². The molecule has 9 nitrogen and oxygen atoms in total. The van der Waals surface area contributed by atoms with Crippen molar-refractivity contribution < 1.29 is 18.6 Å². The van der Waals surface area contributed by atoms with Crippen LogP contribution in [-0.2, 0) is 6.54 Å². The molecule has 0 spiro atoms. The quantitative estimate of drug-likeness (QED) is 0.559. The molecular formula is C21H27F2N7O2. The largest absolute Gasteiger partial charge is 0.471 e. The number of aliphatic hydroxyl groups is 1. The Hall–Kier alpha value is -3.13. The molecule has 2 aromatic heterocycles. The maximum absolute atomic E-state index is 13.1. The lowest BCUT2D eigenvalue weighted by Gasteiger charge is -2.43. The number of anilines is 2. The zero-order valence-electron chi connectivity index (χ0n) is 18.3. The Labute approximate surface area is 185 Å². The Kier molecular flexibility index (Phi) is 7.03. The molecule has 1 aliphatic carbocycles. The molecule has 0 bridgehead atoms. The van der Waals surface area contributed by atoms with E-state index < -0.39 is 24.0 Å². The third kappa shape index (κ3) is 5.76. The maximum atomic E-state index is 13.1. The van der Waals surface area contributed by atoms with Crippen LogP contribution < -0.4 is 15.4 Å². The molecule has 3 rings (SSSR count). The first-order valence-corrected chi connectivity index (χ1v) is 10.4. The van der Waals surface area contributed by atoms with Gasteiger partial charge in [0.1, 0.15) is 23.8 Å². The van der Waals surface area contributed by atoms with Crippen molar-refractivity contribution in [2.75, 3.05) is 17.2 Å². The highest BCUT2D eigenvalue weighted by atomic mass is 19.3. The molecule has 3 N–H and O–H groups in total. The van der Waals surface area contributed by atoms with Gasteiger partial charge in [-0.25, -0.2) is 23.7 Å². The predicted molar refractivity (Wildman–Crippen MR) is 113 cm³/mol. The van der Waals surface area contributed by atoms with E-state index in [2.05, 4.69) is 36.6 Å². The SMILES string of the molecule is CC(F)(F)COc1ncncc1CNc1ncc(C#N)c(NC2CCCC(O)C2(C)C)n1. The van der Waals surface area contributed by atoms with Crippen molar-refractivity contribution in [3.05, 3.63) is 29.8 Å². The number of hydrogen-bond donors (Lipinski definition) is 3. The van der Waals surface area contributed by atoms with Crippen LogP contribution in [-0.4, -0.2) is 49.7 Å². The molecule has 0 radical (unpaired) electrons. The van der Waals surface area contributed by atoms with E-state index >= 15 is 0 Å². The fourth-order valence-corrected chi connectivity index (χ4v) is 3.54. The first kappa shape index (κ1) is 23.5. The van der Waals surface area contributed by atoms with Crippen molar-refractivity contribution in [1.29, 1.82) is 5.26 Å². The van der Waals surface area contributed by atoms with Crippen molar-refractivity contribution in [3.63, 3.8) is 0 Å². The second kappa shape index (κ2) is 9.56. The van der Waals surface area contributed by atoms with E-state index in [1.54, 1.807) is 0 Å². The molecule has 0 amide bonds. The summed E-state index contributed by atoms with van der Waals surface area (Å²) >= 11 is 0. The van der Waals surface area contributed by atoms with Gasteiger partial charge in [0, 0.05) is 31.1 Å². The van der Waals surface area contributed by atoms with Crippen molar-refractivity contribution in [3.8, 4) is 11.9 Å². The highest BCUT2D eigenvalue weighted by molar-refractivity contribution is 5.54. The van der Waals surface area contributed by atoms with Gasteiger partial charge in [0.15, 0.2) is 6.61 Å². The number of aromatic nitrogens is 4. The molecule has 172 valence electrons. The summed E-state index contributed by atoms with van der Waals surface area (Å²) < 4.78 is 31.4. The average molecular weight is 447 g/mol. The van der Waals surface area contributed by atoms with Crippen LogP contribution in [0, 0.1) is 16.7 Å². The molecule has 1 aliphatic rings. The summed E-state index contributed by atoms with van der Waals surface area (Å²) in [6.45, 7) is 4.05. The van der Waals surface area contributed by atoms with Crippen molar-refractivity contribution in [2.45, 2.75) is 64.6 Å². The Morgan fingerprint density at radius 1 is 1.31 bits per heavy atom. The highest BCUT2D eigenvalue weighted by Gasteiger charge is 2.39. The van der Waals surface area contributed by atoms with Gasteiger partial charge in [0.2, 0.25) is 11.8 Å². The standard InChI is InChI=1S/C21H27F2N7O2/c1-20(2)15(5-4-6-16(20)31)29-17-13(7-24)9-26-19(30-17)27-10-14-8-25-12-28-18(14)32-11-21(3,22)23/h8-9,12,15-16,31H,4-6,10-11H2,1-3H3,(H2,26,27,29,30). The minimum absolute atomic E-state index is 0.0407. The van der Waals surface area contributed by atoms with Crippen LogP contribution in [0.15, 0.2) is 18.7 Å². The smallest absolute Gasteiger partial charge is 0.278 e. The van der Waals surface area contributed by atoms with E-state index in [0.717, 1.165) is 26.2 Å². The van der Waals surface area contributed by atoms with Crippen LogP contribution in [0.3, 0.4) is 0 Å². The monoisotopic (exact) mass is 447 g/mol. The summed E-state index contributed by atoms with van der Waals surface area (Å²) in [6.07, 6.45) is 6.07. The van der Waals surface area contributed by atoms with Gasteiger partial charge in [0.25, 0.3) is 5.92 Å². The van der Waals surface area contributed by atoms with Gasteiger partial charge in [-0.15, -0.1) is 0 Å². The first-order valence-electron chi connectivity index (χ1n) is 10.4. The maximum Gasteiger partial charge on any atom is 0.278 e. The van der Waals surface area contributed by atoms with Crippen LogP contribution in [0.2, 0.25) is 0 Å². The number of halogens is 2. The zero-order chi connectivity index (χ0) is 23.4. The van der Waals surface area contributed by atoms with E-state index in [1.807, 2.05) is 13.8 Å². The summed E-state index contributed by atoms with van der Waals surface area (Å²) in [5, 5.41) is 26.1. The third-order valence-electron chi connectivity index (χ3n) is 5.59. The number of hydrogen-bond acceptors (Lipinski definition) is 9. The number of nitrogens with one attached hydrogen (secondary N) is 2. The van der Waals surface area contributed by atoms with Gasteiger partial charge in [0.05, 0.1) is 17.9 Å². The van der Waals surface area contributed by atoms with Gasteiger partial charge in [-0.2, -0.15) is 10.2 Å². The fraction of sp³-hybridized carbons (Fsp3) is 0.571. The summed E-state index contributed by atoms with van der Waals surface area (Å²) in [6, 6.07) is 2.01. The lowest BCUT2D eigenvalue weighted by molar-refractivity contribution is -0.0245. The van der Waals surface area contributed by atoms with Gasteiger partial charge in [-0.1, -0.05) is 13.8 Å². The van der Waals surface area contributed by atoms with Crippen LogP contribution in [0.1, 0.15) is 51.2 Å². The number of rotatable bonds is 8. The molecule has 32 heavy (non-hydrogen) atoms. The summed E-state index contributed by atoms with van der Waals surface area (Å²) in [7, 11) is 0. The van der Waals surface area contributed by atoms with Crippen molar-refractivity contribution in [1.82, 2.24) is 19.9 Å². The predicted octanol–water partition coefficient (Wildman–Crippen LogP) is 3.14. The Morgan fingerprint density at radius 2 is 2.09 bits per heavy atom. The number of aliphatic hydroxyl groups excluding tert-OH is 1. The molecular weight excluding hydrogens is 420 g/mol. The van der Waals surface area contributed by atoms with Crippen molar-refractivity contribution in [2.24, 2.45) is 5.41 Å². The Balaban J connectivity index is 1.74. The number of ether oxygens (including phenoxy) is 1. The summed E-state index contributed by atoms with van der Waals surface area (Å²) in [4.78, 5) is 16.4. The van der Waals surface area contributed by atoms with E-state index in [-0.39, 0.29) is 30.0 Å². The van der Waals surface area contributed by atoms with E-state index in [0.29, 0.717) is 11.4 Å². The molecule has 11 heteroatoms. The van der Waals surface area contributed by atoms with E-state index in [4.69, 9.17) is 4.74 Å². The third-order valence-corrected chi connectivity index (χ3v) is 5.59. The van der Waals surface area contributed by atoms with Gasteiger partial charge in [-0.05, 0) is 19.3 Å². The minimum atomic E-state index is -2.99. The zero-order valence-corrected chi connectivity index (χ0v) is 18.3. The molecule has 1 saturated carbocycles. The number of alkyl halides is 2. The molecule has 2 heterocycles. The Bertz CT molecular complexity index is 975. The number of nitrogens with zero attached hydrogens (tertiary/aromatic N) is 5. The molecule has 0 aromatic carbocycles. The van der Waals surface area contributed by atoms with Crippen molar-refractivity contribution >= 4 is 11.8 Å². The first-order chi connectivity index (χ1) is 15.1. The fourth-order valence-electron chi connectivity index (χ4n) is 3.54. The molecule has 2 unspecified atom stereocenters. The topological polar surface area (TPSA) is 129 Å². The molecule has 2 aromatic rings. The summed E-state index contributed by atoms with van der Waals surface area (Å²) in [5.41, 5.74) is 0.345. The number of nitriles is 1.